The number of carboxylic acid groups (broad SMARTS) is 1. The maximum Gasteiger partial charge on any atom is 0.336 e. The summed E-state index contributed by atoms with van der Waals surface area (Å²) in [6, 6.07) is 13.8. The van der Waals surface area contributed by atoms with E-state index in [4.69, 9.17) is 5.11 Å². The molecule has 2 aromatic carbocycles. The van der Waals surface area contributed by atoms with Gasteiger partial charge in [-0.15, -0.1) is 0 Å². The minimum atomic E-state index is -0.918. The van der Waals surface area contributed by atoms with Crippen molar-refractivity contribution in [1.29, 1.82) is 0 Å². The Morgan fingerprint density at radius 1 is 1.05 bits per heavy atom. The molecule has 1 fully saturated rings. The van der Waals surface area contributed by atoms with Crippen molar-refractivity contribution in [2.45, 2.75) is 57.5 Å². The van der Waals surface area contributed by atoms with E-state index in [9.17, 15) is 14.0 Å². The van der Waals surface area contributed by atoms with Crippen LogP contribution >= 0.6 is 0 Å². The van der Waals surface area contributed by atoms with Crippen LogP contribution in [0.1, 0.15) is 54.6 Å². The van der Waals surface area contributed by atoms with Crippen molar-refractivity contribution in [2.75, 3.05) is 5.32 Å². The summed E-state index contributed by atoms with van der Waals surface area (Å²) >= 11 is 0. The van der Waals surface area contributed by atoms with Crippen LogP contribution in [0.2, 0.25) is 0 Å². The average molecular weight is 500 g/mol. The Kier molecular flexibility index (Phi) is 7.04. The summed E-state index contributed by atoms with van der Waals surface area (Å²) in [7, 11) is 0. The number of aromatic nitrogens is 2. The van der Waals surface area contributed by atoms with Gasteiger partial charge in [-0.05, 0) is 56.0 Å². The molecule has 0 amide bonds. The number of hydrogen-bond acceptors (Lipinski definition) is 4. The Hall–Kier alpha value is -4.00. The molecule has 0 saturated heterocycles. The topological polar surface area (TPSA) is 84.2 Å². The fourth-order valence-corrected chi connectivity index (χ4v) is 5.31. The normalized spacial score (nSPS) is 15.6. The SMILES string of the molecule is C=C1CCc2cc(=O)c3cc(F)c(NC4CCCCC4)cc3n2C1.O=C(O)c1cccc2ncccc12. The molecule has 6 rings (SSSR count). The molecule has 0 atom stereocenters. The maximum atomic E-state index is 14.5. The number of carboxylic acids is 1. The Labute approximate surface area is 214 Å². The molecule has 2 aliphatic rings. The van der Waals surface area contributed by atoms with Gasteiger partial charge in [0, 0.05) is 41.3 Å². The molecule has 6 nitrogen and oxygen atoms in total. The van der Waals surface area contributed by atoms with Gasteiger partial charge < -0.3 is 15.0 Å². The van der Waals surface area contributed by atoms with Gasteiger partial charge in [-0.25, -0.2) is 9.18 Å². The number of anilines is 1. The zero-order valence-corrected chi connectivity index (χ0v) is 20.7. The van der Waals surface area contributed by atoms with Crippen molar-refractivity contribution in [3.05, 3.63) is 94.2 Å². The van der Waals surface area contributed by atoms with Crippen molar-refractivity contribution in [3.8, 4) is 0 Å². The van der Waals surface area contributed by atoms with Gasteiger partial charge in [0.15, 0.2) is 5.43 Å². The first kappa shape index (κ1) is 24.7. The highest BCUT2D eigenvalue weighted by Gasteiger charge is 2.19. The van der Waals surface area contributed by atoms with E-state index < -0.39 is 5.97 Å². The van der Waals surface area contributed by atoms with Crippen molar-refractivity contribution >= 4 is 33.5 Å². The number of rotatable bonds is 3. The molecule has 4 aromatic rings. The lowest BCUT2D eigenvalue weighted by molar-refractivity contribution is 0.0699. The molecule has 0 radical (unpaired) electrons. The van der Waals surface area contributed by atoms with Crippen molar-refractivity contribution in [1.82, 2.24) is 9.55 Å². The first-order chi connectivity index (χ1) is 17.9. The lowest BCUT2D eigenvalue weighted by Crippen LogP contribution is -2.24. The molecule has 3 heterocycles. The molecule has 1 aliphatic carbocycles. The maximum absolute atomic E-state index is 14.5. The lowest BCUT2D eigenvalue weighted by atomic mass is 9.95. The van der Waals surface area contributed by atoms with Gasteiger partial charge in [0.05, 0.1) is 22.3 Å². The third kappa shape index (κ3) is 5.26. The zero-order chi connectivity index (χ0) is 25.9. The van der Waals surface area contributed by atoms with Gasteiger partial charge in [0.1, 0.15) is 5.82 Å². The van der Waals surface area contributed by atoms with Crippen molar-refractivity contribution in [2.24, 2.45) is 0 Å². The van der Waals surface area contributed by atoms with Gasteiger partial charge in [0.2, 0.25) is 0 Å². The number of halogens is 1. The second kappa shape index (κ2) is 10.5. The van der Waals surface area contributed by atoms with Crippen LogP contribution in [0, 0.1) is 5.82 Å². The zero-order valence-electron chi connectivity index (χ0n) is 20.7. The fourth-order valence-electron chi connectivity index (χ4n) is 5.31. The van der Waals surface area contributed by atoms with Crippen LogP contribution in [0.3, 0.4) is 0 Å². The molecular formula is C30H30FN3O3. The van der Waals surface area contributed by atoms with Gasteiger partial charge >= 0.3 is 5.97 Å². The Morgan fingerprint density at radius 2 is 1.86 bits per heavy atom. The predicted octanol–water partition coefficient (Wildman–Crippen LogP) is 6.32. The first-order valence-corrected chi connectivity index (χ1v) is 12.8. The minimum absolute atomic E-state index is 0.0909. The van der Waals surface area contributed by atoms with E-state index >= 15 is 0 Å². The Balaban J connectivity index is 0.000000182. The Morgan fingerprint density at radius 3 is 2.65 bits per heavy atom. The van der Waals surface area contributed by atoms with Crippen molar-refractivity contribution < 1.29 is 14.3 Å². The lowest BCUT2D eigenvalue weighted by Gasteiger charge is -2.26. The minimum Gasteiger partial charge on any atom is -0.478 e. The molecule has 0 unspecified atom stereocenters. The number of fused-ring (bicyclic) bond motifs is 4. The Bertz CT molecular complexity index is 1550. The summed E-state index contributed by atoms with van der Waals surface area (Å²) in [6.45, 7) is 4.80. The number of aryl methyl sites for hydroxylation is 1. The first-order valence-electron chi connectivity index (χ1n) is 12.8. The van der Waals surface area contributed by atoms with E-state index in [1.807, 2.05) is 6.07 Å². The molecule has 2 aromatic heterocycles. The van der Waals surface area contributed by atoms with Gasteiger partial charge in [-0.1, -0.05) is 43.5 Å². The smallest absolute Gasteiger partial charge is 0.336 e. The summed E-state index contributed by atoms with van der Waals surface area (Å²) in [5.74, 6) is -1.25. The van der Waals surface area contributed by atoms with Crippen LogP contribution in [-0.2, 0) is 13.0 Å². The molecule has 1 saturated carbocycles. The van der Waals surface area contributed by atoms with E-state index in [0.29, 0.717) is 40.1 Å². The number of nitrogens with zero attached hydrogens (tertiary/aromatic N) is 2. The largest absolute Gasteiger partial charge is 0.478 e. The van der Waals surface area contributed by atoms with Gasteiger partial charge in [0.25, 0.3) is 0 Å². The third-order valence-corrected chi connectivity index (χ3v) is 7.24. The molecule has 0 spiro atoms. The summed E-state index contributed by atoms with van der Waals surface area (Å²) in [4.78, 5) is 27.2. The number of nitrogens with one attached hydrogen (secondary N) is 1. The number of benzene rings is 2. The number of carbonyl (C=O) groups is 1. The van der Waals surface area contributed by atoms with E-state index in [0.717, 1.165) is 42.5 Å². The molecule has 0 bridgehead atoms. The standard InChI is InChI=1S/C20H23FN2O.C10H7NO2/c1-13-7-8-15-9-20(24)16-10-17(21)18(11-19(16)23(15)12-13)22-14-5-3-2-4-6-14;12-10(13)8-3-1-5-9-7(8)4-2-6-11-9/h9-11,14,22H,1-8,12H2;1-6H,(H,12,13). The average Bonchev–Trinajstić information content (AvgIpc) is 2.90. The van der Waals surface area contributed by atoms with Crippen LogP contribution in [0.25, 0.3) is 21.8 Å². The third-order valence-electron chi connectivity index (χ3n) is 7.24. The summed E-state index contributed by atoms with van der Waals surface area (Å²) in [6.07, 6.45) is 9.22. The second-order valence-corrected chi connectivity index (χ2v) is 9.85. The van der Waals surface area contributed by atoms with E-state index in [2.05, 4.69) is 21.4 Å². The highest BCUT2D eigenvalue weighted by atomic mass is 19.1. The van der Waals surface area contributed by atoms with Gasteiger partial charge in [-0.3, -0.25) is 9.78 Å². The van der Waals surface area contributed by atoms with E-state index in [1.54, 1.807) is 42.6 Å². The van der Waals surface area contributed by atoms with E-state index in [-0.39, 0.29) is 11.2 Å². The van der Waals surface area contributed by atoms with E-state index in [1.165, 1.54) is 25.3 Å². The highest BCUT2D eigenvalue weighted by Crippen LogP contribution is 2.29. The number of pyridine rings is 2. The molecule has 7 heteroatoms. The summed E-state index contributed by atoms with van der Waals surface area (Å²) in [5.41, 5.74) is 4.43. The second-order valence-electron chi connectivity index (χ2n) is 9.85. The van der Waals surface area contributed by atoms with Crippen LogP contribution in [0.4, 0.5) is 10.1 Å². The van der Waals surface area contributed by atoms with Crippen LogP contribution in [0.5, 0.6) is 0 Å². The number of hydrogen-bond donors (Lipinski definition) is 2. The quantitative estimate of drug-likeness (QED) is 0.322. The number of allylic oxidation sites excluding steroid dienone is 1. The fraction of sp³-hybridized carbons (Fsp3) is 0.300. The molecule has 37 heavy (non-hydrogen) atoms. The molecule has 2 N–H and O–H groups in total. The molecule has 1 aliphatic heterocycles. The monoisotopic (exact) mass is 499 g/mol. The molecular weight excluding hydrogens is 469 g/mol. The van der Waals surface area contributed by atoms with Gasteiger partial charge in [-0.2, -0.15) is 0 Å². The van der Waals surface area contributed by atoms with Crippen molar-refractivity contribution in [3.63, 3.8) is 0 Å². The number of aromatic carboxylic acids is 1. The summed E-state index contributed by atoms with van der Waals surface area (Å²) < 4.78 is 16.7. The van der Waals surface area contributed by atoms with Crippen LogP contribution < -0.4 is 10.7 Å². The molecule has 190 valence electrons. The summed E-state index contributed by atoms with van der Waals surface area (Å²) in [5, 5.41) is 13.4. The predicted molar refractivity (Wildman–Crippen MR) is 145 cm³/mol. The van der Waals surface area contributed by atoms with Crippen LogP contribution in [0.15, 0.2) is 71.7 Å². The highest BCUT2D eigenvalue weighted by molar-refractivity contribution is 6.02. The van der Waals surface area contributed by atoms with Crippen LogP contribution in [-0.4, -0.2) is 26.7 Å².